The van der Waals surface area contributed by atoms with Crippen LogP contribution in [0.5, 0.6) is 5.75 Å². The van der Waals surface area contributed by atoms with Crippen LogP contribution in [0, 0.1) is 41.5 Å². The van der Waals surface area contributed by atoms with Crippen molar-refractivity contribution in [2.45, 2.75) is 41.5 Å². The molecule has 5 aromatic carbocycles. The first-order valence-electron chi connectivity index (χ1n) is 12.6. The minimum absolute atomic E-state index is 0.0572. The first kappa shape index (κ1) is 25.0. The van der Waals surface area contributed by atoms with Gasteiger partial charge in [0.2, 0.25) is 0 Å². The standard InChI is InChI=1S/C34H31ClO2/c1-18-14-20(3)27(21(4)15-18)30(32-31(34(32)36)28-22(5)16-19(2)17-23(28)6)33(35)29-25-11-9-8-10-24(25)12-13-26(29)37-7/h8-17H,1-7H3/b33-30+. The van der Waals surface area contributed by atoms with E-state index in [4.69, 9.17) is 16.3 Å². The normalized spacial score (nSPS) is 12.3. The fraction of sp³-hybridized carbons (Fsp3) is 0.206. The molecule has 0 N–H and O–H groups in total. The van der Waals surface area contributed by atoms with E-state index in [0.29, 0.717) is 16.3 Å². The number of aryl methyl sites for hydroxylation is 6. The van der Waals surface area contributed by atoms with Gasteiger partial charge in [0.25, 0.3) is 0 Å². The molecule has 0 saturated heterocycles. The minimum atomic E-state index is 0.0572. The maximum atomic E-state index is 13.7. The lowest BCUT2D eigenvalue weighted by atomic mass is 9.89. The lowest BCUT2D eigenvalue weighted by Crippen LogP contribution is -2.00. The van der Waals surface area contributed by atoms with Crippen LogP contribution < -0.4 is 10.2 Å². The molecule has 0 aliphatic rings. The molecule has 0 spiro atoms. The second-order valence-corrected chi connectivity index (χ2v) is 10.6. The third-order valence-corrected chi connectivity index (χ3v) is 7.67. The predicted molar refractivity (Wildman–Crippen MR) is 158 cm³/mol. The van der Waals surface area contributed by atoms with E-state index in [1.165, 1.54) is 11.1 Å². The summed E-state index contributed by atoms with van der Waals surface area (Å²) in [5.41, 5.74) is 11.9. The average Bonchev–Trinajstić information content (AvgIpc) is 3.48. The summed E-state index contributed by atoms with van der Waals surface area (Å²) >= 11 is 7.42. The Labute approximate surface area is 223 Å². The summed E-state index contributed by atoms with van der Waals surface area (Å²) < 4.78 is 5.81. The molecule has 0 heterocycles. The van der Waals surface area contributed by atoms with Crippen molar-refractivity contribution in [1.29, 1.82) is 0 Å². The zero-order chi connectivity index (χ0) is 26.6. The lowest BCUT2D eigenvalue weighted by Gasteiger charge is -2.18. The van der Waals surface area contributed by atoms with Gasteiger partial charge in [0, 0.05) is 22.3 Å². The molecule has 3 heteroatoms. The van der Waals surface area contributed by atoms with Crippen LogP contribution in [0.2, 0.25) is 0 Å². The maximum absolute atomic E-state index is 13.7. The molecular weight excluding hydrogens is 476 g/mol. The maximum Gasteiger partial charge on any atom is 0.195 e. The summed E-state index contributed by atoms with van der Waals surface area (Å²) in [6.07, 6.45) is 0. The summed E-state index contributed by atoms with van der Waals surface area (Å²) in [4.78, 5) is 13.7. The number of halogens is 1. The van der Waals surface area contributed by atoms with Gasteiger partial charge in [-0.1, -0.05) is 77.3 Å². The molecule has 0 amide bonds. The van der Waals surface area contributed by atoms with Crippen LogP contribution in [0.4, 0.5) is 0 Å². The van der Waals surface area contributed by atoms with E-state index in [-0.39, 0.29) is 5.43 Å². The summed E-state index contributed by atoms with van der Waals surface area (Å²) in [6, 6.07) is 20.7. The van der Waals surface area contributed by atoms with Gasteiger partial charge in [-0.2, -0.15) is 0 Å². The number of methoxy groups -OCH3 is 1. The minimum Gasteiger partial charge on any atom is -0.496 e. The van der Waals surface area contributed by atoms with Crippen LogP contribution in [0.25, 0.3) is 32.5 Å². The number of ether oxygens (including phenoxy) is 1. The average molecular weight is 507 g/mol. The third kappa shape index (κ3) is 4.20. The molecule has 5 aromatic rings. The quantitative estimate of drug-likeness (QED) is 0.223. The molecule has 0 unspecified atom stereocenters. The van der Waals surface area contributed by atoms with E-state index in [0.717, 1.165) is 60.9 Å². The first-order chi connectivity index (χ1) is 17.6. The molecule has 0 saturated carbocycles. The molecule has 0 bridgehead atoms. The van der Waals surface area contributed by atoms with E-state index in [1.807, 2.05) is 24.3 Å². The van der Waals surface area contributed by atoms with Crippen LogP contribution in [0.3, 0.4) is 0 Å². The van der Waals surface area contributed by atoms with Crippen molar-refractivity contribution < 1.29 is 4.74 Å². The van der Waals surface area contributed by atoms with Gasteiger partial charge in [-0.05, 0) is 91.8 Å². The van der Waals surface area contributed by atoms with Gasteiger partial charge < -0.3 is 4.74 Å². The molecule has 5 rings (SSSR count). The number of hydrogen-bond acceptors (Lipinski definition) is 2. The van der Waals surface area contributed by atoms with Crippen LogP contribution in [0.15, 0.2) is 65.5 Å². The second kappa shape index (κ2) is 9.36. The van der Waals surface area contributed by atoms with Crippen molar-refractivity contribution in [2.24, 2.45) is 0 Å². The predicted octanol–water partition coefficient (Wildman–Crippen LogP) is 8.76. The molecule has 0 aromatic heterocycles. The number of fused-ring (bicyclic) bond motifs is 1. The molecule has 0 aliphatic carbocycles. The molecule has 0 atom stereocenters. The van der Waals surface area contributed by atoms with Crippen LogP contribution in [-0.2, 0) is 0 Å². The summed E-state index contributed by atoms with van der Waals surface area (Å²) in [5, 5.41) is 2.59. The lowest BCUT2D eigenvalue weighted by molar-refractivity contribution is 0.414. The Hall–Kier alpha value is -3.62. The molecule has 2 nitrogen and oxygen atoms in total. The summed E-state index contributed by atoms with van der Waals surface area (Å²) in [5.74, 6) is 0.682. The Morgan fingerprint density at radius 2 is 1.24 bits per heavy atom. The van der Waals surface area contributed by atoms with E-state index >= 15 is 0 Å². The highest BCUT2D eigenvalue weighted by Crippen LogP contribution is 2.47. The summed E-state index contributed by atoms with van der Waals surface area (Å²) in [7, 11) is 1.66. The molecule has 0 radical (unpaired) electrons. The zero-order valence-corrected chi connectivity index (χ0v) is 23.2. The third-order valence-electron chi connectivity index (χ3n) is 7.30. The zero-order valence-electron chi connectivity index (χ0n) is 22.5. The Kier molecular flexibility index (Phi) is 6.33. The molecule has 0 aliphatic heterocycles. The van der Waals surface area contributed by atoms with Gasteiger partial charge in [-0.3, -0.25) is 4.79 Å². The highest BCUT2D eigenvalue weighted by molar-refractivity contribution is 6.55. The smallest absolute Gasteiger partial charge is 0.195 e. The van der Waals surface area contributed by atoms with Gasteiger partial charge in [0.15, 0.2) is 5.43 Å². The van der Waals surface area contributed by atoms with Gasteiger partial charge in [0.1, 0.15) is 5.75 Å². The van der Waals surface area contributed by atoms with E-state index in [9.17, 15) is 4.79 Å². The van der Waals surface area contributed by atoms with Crippen molar-refractivity contribution in [3.63, 3.8) is 0 Å². The SMILES string of the molecule is COc1ccc2ccccc2c1/C(Cl)=C(/c1c(C)cc(C)cc1C)c1c(-c2c(C)cc(C)cc2C)c1=O. The molecule has 0 fully saturated rings. The van der Waals surface area contributed by atoms with Crippen LogP contribution in [0.1, 0.15) is 50.1 Å². The molecular formula is C34H31ClO2. The van der Waals surface area contributed by atoms with Gasteiger partial charge in [-0.15, -0.1) is 0 Å². The van der Waals surface area contributed by atoms with Crippen molar-refractivity contribution in [2.75, 3.05) is 7.11 Å². The fourth-order valence-electron chi connectivity index (χ4n) is 5.91. The van der Waals surface area contributed by atoms with Crippen LogP contribution in [-0.4, -0.2) is 7.11 Å². The Morgan fingerprint density at radius 3 is 1.84 bits per heavy atom. The first-order valence-corrected chi connectivity index (χ1v) is 12.9. The largest absolute Gasteiger partial charge is 0.496 e. The van der Waals surface area contributed by atoms with Gasteiger partial charge in [0.05, 0.1) is 12.1 Å². The Morgan fingerprint density at radius 1 is 0.676 bits per heavy atom. The topological polar surface area (TPSA) is 26.3 Å². The monoisotopic (exact) mass is 506 g/mol. The Bertz CT molecular complexity index is 1700. The van der Waals surface area contributed by atoms with Crippen LogP contribution >= 0.6 is 11.6 Å². The number of hydrogen-bond donors (Lipinski definition) is 0. The van der Waals surface area contributed by atoms with Gasteiger partial charge >= 0.3 is 0 Å². The second-order valence-electron chi connectivity index (χ2n) is 10.2. The fourth-order valence-corrected chi connectivity index (χ4v) is 6.30. The van der Waals surface area contributed by atoms with E-state index in [1.54, 1.807) is 7.11 Å². The Balaban J connectivity index is 1.90. The highest BCUT2D eigenvalue weighted by Gasteiger charge is 2.34. The summed E-state index contributed by atoms with van der Waals surface area (Å²) in [6.45, 7) is 12.5. The van der Waals surface area contributed by atoms with Crippen molar-refractivity contribution >= 4 is 33.0 Å². The van der Waals surface area contributed by atoms with Crippen molar-refractivity contribution in [3.8, 4) is 16.9 Å². The van der Waals surface area contributed by atoms with Crippen molar-refractivity contribution in [3.05, 3.63) is 121 Å². The van der Waals surface area contributed by atoms with Crippen molar-refractivity contribution in [1.82, 2.24) is 0 Å². The van der Waals surface area contributed by atoms with E-state index in [2.05, 4.69) is 77.9 Å². The number of rotatable bonds is 5. The van der Waals surface area contributed by atoms with E-state index < -0.39 is 0 Å². The van der Waals surface area contributed by atoms with Gasteiger partial charge in [-0.25, -0.2) is 0 Å². The molecule has 37 heavy (non-hydrogen) atoms. The number of benzene rings is 4. The molecule has 186 valence electrons. The highest BCUT2D eigenvalue weighted by atomic mass is 35.5.